The Balaban J connectivity index is 2.30. The van der Waals surface area contributed by atoms with Gasteiger partial charge in [-0.1, -0.05) is 12.1 Å². The van der Waals surface area contributed by atoms with Crippen LogP contribution in [0, 0.1) is 17.2 Å². The molecule has 0 amide bonds. The third-order valence-electron chi connectivity index (χ3n) is 3.12. The highest BCUT2D eigenvalue weighted by Crippen LogP contribution is 2.38. The van der Waals surface area contributed by atoms with E-state index in [0.29, 0.717) is 0 Å². The highest BCUT2D eigenvalue weighted by atomic mass is 16.5. The summed E-state index contributed by atoms with van der Waals surface area (Å²) in [6, 6.07) is 8.30. The van der Waals surface area contributed by atoms with E-state index in [-0.39, 0.29) is 12.0 Å². The highest BCUT2D eigenvalue weighted by molar-refractivity contribution is 5.48. The van der Waals surface area contributed by atoms with Crippen LogP contribution in [0.25, 0.3) is 0 Å². The molecule has 1 saturated heterocycles. The minimum absolute atomic E-state index is 0.0795. The molecule has 2 atom stereocenters. The lowest BCUT2D eigenvalue weighted by Crippen LogP contribution is -2.14. The van der Waals surface area contributed by atoms with Crippen LogP contribution in [-0.4, -0.2) is 20.8 Å². The highest BCUT2D eigenvalue weighted by Gasteiger charge is 2.28. The van der Waals surface area contributed by atoms with E-state index in [4.69, 9.17) is 14.7 Å². The molecule has 1 fully saturated rings. The molecular formula is C13H16N2O2. The molecule has 1 aliphatic heterocycles. The topological polar surface area (TPSA) is 54.3 Å². The summed E-state index contributed by atoms with van der Waals surface area (Å²) in [6.45, 7) is 0.738. The molecule has 0 saturated carbocycles. The molecule has 0 bridgehead atoms. The van der Waals surface area contributed by atoms with Gasteiger partial charge in [0, 0.05) is 18.2 Å². The molecule has 0 aliphatic carbocycles. The quantitative estimate of drug-likeness (QED) is 0.864. The number of rotatable bonds is 3. The first-order valence-corrected chi connectivity index (χ1v) is 5.64. The van der Waals surface area contributed by atoms with Crippen molar-refractivity contribution in [1.29, 1.82) is 5.26 Å². The molecule has 1 aromatic rings. The summed E-state index contributed by atoms with van der Waals surface area (Å²) in [7, 11) is 3.26. The maximum atomic E-state index is 8.91. The van der Waals surface area contributed by atoms with Crippen molar-refractivity contribution in [3.8, 4) is 17.6 Å². The SMILES string of the molecule is COc1cccc(C2CC(C#N)CN2)c1OC. The first kappa shape index (κ1) is 11.7. The predicted octanol–water partition coefficient (Wildman–Crippen LogP) is 1.88. The standard InChI is InChI=1S/C13H16N2O2/c1-16-12-5-3-4-10(13(12)17-2)11-6-9(7-14)8-15-11/h3-5,9,11,15H,6,8H2,1-2H3. The Hall–Kier alpha value is -1.73. The van der Waals surface area contributed by atoms with Gasteiger partial charge < -0.3 is 14.8 Å². The summed E-state index contributed by atoms with van der Waals surface area (Å²) in [4.78, 5) is 0. The fraction of sp³-hybridized carbons (Fsp3) is 0.462. The second-order valence-corrected chi connectivity index (χ2v) is 4.11. The van der Waals surface area contributed by atoms with Crippen LogP contribution in [0.4, 0.5) is 0 Å². The number of nitrogens with one attached hydrogen (secondary N) is 1. The number of hydrogen-bond acceptors (Lipinski definition) is 4. The number of nitrogens with zero attached hydrogens (tertiary/aromatic N) is 1. The minimum Gasteiger partial charge on any atom is -0.493 e. The number of para-hydroxylation sites is 1. The van der Waals surface area contributed by atoms with E-state index < -0.39 is 0 Å². The molecular weight excluding hydrogens is 216 g/mol. The Bertz CT molecular complexity index is 440. The van der Waals surface area contributed by atoms with Gasteiger partial charge in [0.1, 0.15) is 0 Å². The van der Waals surface area contributed by atoms with Gasteiger partial charge in [-0.15, -0.1) is 0 Å². The van der Waals surface area contributed by atoms with E-state index in [1.54, 1.807) is 14.2 Å². The molecule has 1 heterocycles. The first-order valence-electron chi connectivity index (χ1n) is 5.64. The van der Waals surface area contributed by atoms with Crippen molar-refractivity contribution in [3.05, 3.63) is 23.8 Å². The number of hydrogen-bond donors (Lipinski definition) is 1. The second-order valence-electron chi connectivity index (χ2n) is 4.11. The number of nitriles is 1. The average molecular weight is 232 g/mol. The van der Waals surface area contributed by atoms with Crippen molar-refractivity contribution in [2.45, 2.75) is 12.5 Å². The zero-order valence-corrected chi connectivity index (χ0v) is 10.1. The van der Waals surface area contributed by atoms with Crippen LogP contribution in [0.1, 0.15) is 18.0 Å². The van der Waals surface area contributed by atoms with E-state index in [9.17, 15) is 0 Å². The molecule has 2 rings (SSSR count). The molecule has 17 heavy (non-hydrogen) atoms. The third-order valence-corrected chi connectivity index (χ3v) is 3.12. The van der Waals surface area contributed by atoms with E-state index in [1.165, 1.54) is 0 Å². The van der Waals surface area contributed by atoms with Gasteiger partial charge >= 0.3 is 0 Å². The Morgan fingerprint density at radius 2 is 2.18 bits per heavy atom. The summed E-state index contributed by atoms with van der Waals surface area (Å²) >= 11 is 0. The Morgan fingerprint density at radius 3 is 2.76 bits per heavy atom. The summed E-state index contributed by atoms with van der Waals surface area (Å²) in [6.07, 6.45) is 0.819. The van der Waals surface area contributed by atoms with E-state index in [0.717, 1.165) is 30.0 Å². The molecule has 0 radical (unpaired) electrons. The zero-order chi connectivity index (χ0) is 12.3. The largest absolute Gasteiger partial charge is 0.493 e. The maximum Gasteiger partial charge on any atom is 0.165 e. The number of ether oxygens (including phenoxy) is 2. The van der Waals surface area contributed by atoms with Crippen LogP contribution in [0.5, 0.6) is 11.5 Å². The molecule has 1 aromatic carbocycles. The van der Waals surface area contributed by atoms with Crippen molar-refractivity contribution in [2.24, 2.45) is 5.92 Å². The molecule has 1 N–H and O–H groups in total. The molecule has 4 nitrogen and oxygen atoms in total. The third kappa shape index (κ3) is 2.20. The normalized spacial score (nSPS) is 23.1. The summed E-state index contributed by atoms with van der Waals surface area (Å²) in [5.41, 5.74) is 1.06. The van der Waals surface area contributed by atoms with E-state index in [2.05, 4.69) is 11.4 Å². The molecule has 1 aliphatic rings. The monoisotopic (exact) mass is 232 g/mol. The van der Waals surface area contributed by atoms with E-state index in [1.807, 2.05) is 18.2 Å². The lowest BCUT2D eigenvalue weighted by Gasteiger charge is -2.17. The molecule has 4 heteroatoms. The summed E-state index contributed by atoms with van der Waals surface area (Å²) in [5.74, 6) is 1.56. The van der Waals surface area contributed by atoms with Crippen molar-refractivity contribution in [3.63, 3.8) is 0 Å². The predicted molar refractivity (Wildman–Crippen MR) is 64.0 cm³/mol. The molecule has 90 valence electrons. The molecule has 0 spiro atoms. The molecule has 0 aromatic heterocycles. The van der Waals surface area contributed by atoms with E-state index >= 15 is 0 Å². The number of benzene rings is 1. The smallest absolute Gasteiger partial charge is 0.165 e. The second kappa shape index (κ2) is 5.07. The fourth-order valence-corrected chi connectivity index (χ4v) is 2.26. The van der Waals surface area contributed by atoms with Gasteiger partial charge in [0.25, 0.3) is 0 Å². The Kier molecular flexibility index (Phi) is 3.50. The summed E-state index contributed by atoms with van der Waals surface area (Å²) in [5, 5.41) is 12.3. The van der Waals surface area contributed by atoms with Crippen LogP contribution < -0.4 is 14.8 Å². The van der Waals surface area contributed by atoms with Gasteiger partial charge in [-0.3, -0.25) is 0 Å². The van der Waals surface area contributed by atoms with Crippen LogP contribution in [0.3, 0.4) is 0 Å². The van der Waals surface area contributed by atoms with Crippen LogP contribution in [0.2, 0.25) is 0 Å². The van der Waals surface area contributed by atoms with Gasteiger partial charge in [-0.25, -0.2) is 0 Å². The van der Waals surface area contributed by atoms with Gasteiger partial charge in [-0.2, -0.15) is 5.26 Å². The summed E-state index contributed by atoms with van der Waals surface area (Å²) < 4.78 is 10.7. The van der Waals surface area contributed by atoms with Crippen molar-refractivity contribution < 1.29 is 9.47 Å². The van der Waals surface area contributed by atoms with Gasteiger partial charge in [0.15, 0.2) is 11.5 Å². The first-order chi connectivity index (χ1) is 8.30. The van der Waals surface area contributed by atoms with Gasteiger partial charge in [0.2, 0.25) is 0 Å². The fourth-order valence-electron chi connectivity index (χ4n) is 2.26. The lowest BCUT2D eigenvalue weighted by atomic mass is 10.00. The van der Waals surface area contributed by atoms with Crippen LogP contribution in [0.15, 0.2) is 18.2 Å². The Labute approximate surface area is 101 Å². The van der Waals surface area contributed by atoms with Crippen LogP contribution >= 0.6 is 0 Å². The van der Waals surface area contributed by atoms with Crippen LogP contribution in [-0.2, 0) is 0 Å². The minimum atomic E-state index is 0.0795. The Morgan fingerprint density at radius 1 is 1.35 bits per heavy atom. The number of methoxy groups -OCH3 is 2. The molecule has 2 unspecified atom stereocenters. The van der Waals surface area contributed by atoms with Crippen molar-refractivity contribution >= 4 is 0 Å². The van der Waals surface area contributed by atoms with Crippen molar-refractivity contribution in [1.82, 2.24) is 5.32 Å². The zero-order valence-electron chi connectivity index (χ0n) is 10.1. The lowest BCUT2D eigenvalue weighted by molar-refractivity contribution is 0.348. The van der Waals surface area contributed by atoms with Gasteiger partial charge in [0.05, 0.1) is 26.2 Å². The maximum absolute atomic E-state index is 8.91. The van der Waals surface area contributed by atoms with Crippen molar-refractivity contribution in [2.75, 3.05) is 20.8 Å². The average Bonchev–Trinajstić information content (AvgIpc) is 2.86. The van der Waals surface area contributed by atoms with Gasteiger partial charge in [-0.05, 0) is 12.5 Å².